The Morgan fingerprint density at radius 1 is 1.24 bits per heavy atom. The molecular weight excluding hydrogens is 402 g/mol. The zero-order valence-corrected chi connectivity index (χ0v) is 16.7. The number of amides is 3. The predicted molar refractivity (Wildman–Crippen MR) is 104 cm³/mol. The van der Waals surface area contributed by atoms with Gasteiger partial charge in [-0.1, -0.05) is 13.2 Å². The van der Waals surface area contributed by atoms with E-state index in [9.17, 15) is 19.2 Å². The van der Waals surface area contributed by atoms with Crippen molar-refractivity contribution >= 4 is 40.3 Å². The third-order valence-electron chi connectivity index (χ3n) is 4.10. The molecule has 0 unspecified atom stereocenters. The Balaban J connectivity index is 1.95. The minimum Gasteiger partial charge on any atom is -0.465 e. The van der Waals surface area contributed by atoms with Crippen LogP contribution in [0.25, 0.3) is 0 Å². The fourth-order valence-electron chi connectivity index (χ4n) is 2.57. The van der Waals surface area contributed by atoms with Gasteiger partial charge in [0.15, 0.2) is 5.13 Å². The second-order valence-corrected chi connectivity index (χ2v) is 6.98. The molecular formula is C17H21N5O6S. The van der Waals surface area contributed by atoms with Crippen LogP contribution >= 0.6 is 11.3 Å². The Morgan fingerprint density at radius 2 is 1.93 bits per heavy atom. The van der Waals surface area contributed by atoms with Gasteiger partial charge >= 0.3 is 12.1 Å². The lowest BCUT2D eigenvalue weighted by molar-refractivity contribution is -0.137. The molecule has 1 saturated heterocycles. The van der Waals surface area contributed by atoms with Crippen LogP contribution in [0.2, 0.25) is 0 Å². The number of carbonyl (C=O) groups is 4. The first-order valence-corrected chi connectivity index (χ1v) is 9.30. The van der Waals surface area contributed by atoms with Crippen molar-refractivity contribution < 1.29 is 29.0 Å². The van der Waals surface area contributed by atoms with Gasteiger partial charge in [0.05, 0.1) is 12.8 Å². The van der Waals surface area contributed by atoms with Gasteiger partial charge in [-0.05, 0) is 6.92 Å². The Labute approximate surface area is 170 Å². The van der Waals surface area contributed by atoms with Gasteiger partial charge in [-0.25, -0.2) is 14.6 Å². The topological polar surface area (TPSA) is 141 Å². The number of hydrogen-bond donors (Lipinski definition) is 3. The van der Waals surface area contributed by atoms with Gasteiger partial charge in [0, 0.05) is 31.1 Å². The fourth-order valence-corrected chi connectivity index (χ4v) is 3.42. The second kappa shape index (κ2) is 9.19. The molecule has 11 nitrogen and oxygen atoms in total. The van der Waals surface area contributed by atoms with Crippen molar-refractivity contribution in [2.45, 2.75) is 13.0 Å². The molecule has 29 heavy (non-hydrogen) atoms. The van der Waals surface area contributed by atoms with Gasteiger partial charge in [0.2, 0.25) is 0 Å². The van der Waals surface area contributed by atoms with Crippen molar-refractivity contribution in [3.63, 3.8) is 0 Å². The van der Waals surface area contributed by atoms with Crippen LogP contribution in [-0.4, -0.2) is 71.7 Å². The molecule has 3 N–H and O–H groups in total. The number of piperazine rings is 1. The largest absolute Gasteiger partial charge is 0.465 e. The van der Waals surface area contributed by atoms with E-state index in [2.05, 4.69) is 33.5 Å². The van der Waals surface area contributed by atoms with E-state index >= 15 is 0 Å². The molecule has 12 heteroatoms. The van der Waals surface area contributed by atoms with E-state index in [1.165, 1.54) is 21.6 Å². The fraction of sp³-hybridized carbons (Fsp3) is 0.353. The molecule has 0 bridgehead atoms. The normalized spacial score (nSPS) is 16.0. The summed E-state index contributed by atoms with van der Waals surface area (Å²) < 4.78 is 4.41. The van der Waals surface area contributed by atoms with E-state index in [4.69, 9.17) is 5.11 Å². The van der Waals surface area contributed by atoms with E-state index < -0.39 is 23.9 Å². The lowest BCUT2D eigenvalue weighted by Gasteiger charge is -2.38. The molecule has 0 radical (unpaired) electrons. The standard InChI is InChI=1S/C17H21N5O6S/c1-9-7-21(5-6-22(9)17(26)27)16-20-12(8-29-16)14(24)18-10(2)13(23)19-11(3)15(25)28-4/h8-9H,2-3,5-7H2,1,4H3,(H,18,24)(H,19,23)(H,26,27)/t9-/m1/s1. The maximum atomic E-state index is 12.3. The molecule has 1 aromatic heterocycles. The summed E-state index contributed by atoms with van der Waals surface area (Å²) in [5.41, 5.74) is -0.504. The molecule has 1 aliphatic heterocycles. The molecule has 156 valence electrons. The quantitative estimate of drug-likeness (QED) is 0.440. The maximum absolute atomic E-state index is 12.3. The number of hydrogen-bond acceptors (Lipinski definition) is 8. The first kappa shape index (κ1) is 21.9. The molecule has 0 spiro atoms. The highest BCUT2D eigenvalue weighted by Crippen LogP contribution is 2.23. The number of ether oxygens (including phenoxy) is 1. The zero-order chi connectivity index (χ0) is 21.7. The van der Waals surface area contributed by atoms with Crippen molar-refractivity contribution in [2.24, 2.45) is 0 Å². The summed E-state index contributed by atoms with van der Waals surface area (Å²) in [6.45, 7) is 9.84. The van der Waals surface area contributed by atoms with Crippen LogP contribution in [0.1, 0.15) is 17.4 Å². The number of anilines is 1. The van der Waals surface area contributed by atoms with Gasteiger partial charge in [0.25, 0.3) is 11.8 Å². The van der Waals surface area contributed by atoms with Crippen LogP contribution in [0.5, 0.6) is 0 Å². The lowest BCUT2D eigenvalue weighted by atomic mass is 10.2. The molecule has 1 atom stereocenters. The van der Waals surface area contributed by atoms with Gasteiger partial charge in [0.1, 0.15) is 11.4 Å². The van der Waals surface area contributed by atoms with E-state index in [1.807, 2.05) is 4.90 Å². The Kier molecular flexibility index (Phi) is 6.93. The Hall–Kier alpha value is -3.41. The van der Waals surface area contributed by atoms with Crippen LogP contribution in [0.15, 0.2) is 29.9 Å². The smallest absolute Gasteiger partial charge is 0.407 e. The average Bonchev–Trinajstić information content (AvgIpc) is 3.17. The highest BCUT2D eigenvalue weighted by molar-refractivity contribution is 7.13. The minimum absolute atomic E-state index is 0.0825. The van der Waals surface area contributed by atoms with Crippen LogP contribution in [0.4, 0.5) is 9.93 Å². The number of methoxy groups -OCH3 is 1. The number of thiazole rings is 1. The summed E-state index contributed by atoms with van der Waals surface area (Å²) in [6.07, 6.45) is -0.969. The van der Waals surface area contributed by atoms with E-state index in [0.29, 0.717) is 24.8 Å². The molecule has 0 saturated carbocycles. The molecule has 0 aliphatic carbocycles. The van der Waals surface area contributed by atoms with Crippen LogP contribution in [0.3, 0.4) is 0 Å². The van der Waals surface area contributed by atoms with Gasteiger partial charge in [-0.2, -0.15) is 0 Å². The predicted octanol–water partition coefficient (Wildman–Crippen LogP) is 0.378. The number of aromatic nitrogens is 1. The number of carboxylic acid groups (broad SMARTS) is 1. The van der Waals surface area contributed by atoms with Crippen molar-refractivity contribution in [3.05, 3.63) is 35.6 Å². The molecule has 2 heterocycles. The Morgan fingerprint density at radius 3 is 2.52 bits per heavy atom. The monoisotopic (exact) mass is 423 g/mol. The van der Waals surface area contributed by atoms with Crippen molar-refractivity contribution in [2.75, 3.05) is 31.6 Å². The highest BCUT2D eigenvalue weighted by Gasteiger charge is 2.29. The van der Waals surface area contributed by atoms with Crippen LogP contribution < -0.4 is 15.5 Å². The van der Waals surface area contributed by atoms with E-state index in [0.717, 1.165) is 7.11 Å². The number of esters is 1. The minimum atomic E-state index is -0.969. The average molecular weight is 423 g/mol. The summed E-state index contributed by atoms with van der Waals surface area (Å²) in [5.74, 6) is -2.28. The highest BCUT2D eigenvalue weighted by atomic mass is 32.1. The summed E-state index contributed by atoms with van der Waals surface area (Å²) in [7, 11) is 1.14. The molecule has 1 aromatic rings. The van der Waals surface area contributed by atoms with Crippen LogP contribution in [-0.2, 0) is 14.3 Å². The number of rotatable bonds is 6. The molecule has 1 aliphatic rings. The first-order chi connectivity index (χ1) is 13.6. The lowest BCUT2D eigenvalue weighted by Crippen LogP contribution is -2.53. The van der Waals surface area contributed by atoms with Crippen molar-refractivity contribution in [1.82, 2.24) is 20.5 Å². The molecule has 2 rings (SSSR count). The summed E-state index contributed by atoms with van der Waals surface area (Å²) >= 11 is 1.23. The van der Waals surface area contributed by atoms with E-state index in [1.54, 1.807) is 6.92 Å². The van der Waals surface area contributed by atoms with Gasteiger partial charge in [-0.15, -0.1) is 11.3 Å². The third-order valence-corrected chi connectivity index (χ3v) is 5.00. The number of carbonyl (C=O) groups excluding carboxylic acids is 3. The zero-order valence-electron chi connectivity index (χ0n) is 15.9. The molecule has 0 aromatic carbocycles. The number of nitrogens with one attached hydrogen (secondary N) is 2. The SMILES string of the molecule is C=C(NC(=O)c1csc(N2CCN(C(=O)O)[C@H](C)C2)n1)C(=O)NC(=C)C(=O)OC. The number of nitrogens with zero attached hydrogens (tertiary/aromatic N) is 3. The first-order valence-electron chi connectivity index (χ1n) is 8.42. The summed E-state index contributed by atoms with van der Waals surface area (Å²) in [6, 6.07) is -0.214. The van der Waals surface area contributed by atoms with Gasteiger partial charge < -0.3 is 30.3 Å². The maximum Gasteiger partial charge on any atom is 0.407 e. The summed E-state index contributed by atoms with van der Waals surface area (Å²) in [4.78, 5) is 54.1. The molecule has 3 amide bonds. The van der Waals surface area contributed by atoms with Crippen molar-refractivity contribution in [1.29, 1.82) is 0 Å². The van der Waals surface area contributed by atoms with Crippen LogP contribution in [0, 0.1) is 0 Å². The Bertz CT molecular complexity index is 866. The second-order valence-electron chi connectivity index (χ2n) is 6.14. The summed E-state index contributed by atoms with van der Waals surface area (Å²) in [5, 5.41) is 15.7. The third kappa shape index (κ3) is 5.31. The van der Waals surface area contributed by atoms with Crippen molar-refractivity contribution in [3.8, 4) is 0 Å². The molecule has 1 fully saturated rings. The van der Waals surface area contributed by atoms with Gasteiger partial charge in [-0.3, -0.25) is 9.59 Å². The van der Waals surface area contributed by atoms with E-state index in [-0.39, 0.29) is 23.1 Å².